The van der Waals surface area contributed by atoms with E-state index in [0.29, 0.717) is 26.0 Å². The van der Waals surface area contributed by atoms with Crippen molar-refractivity contribution in [3.63, 3.8) is 0 Å². The van der Waals surface area contributed by atoms with Crippen LogP contribution in [0.4, 0.5) is 4.79 Å². The molecule has 2 amide bonds. The first-order valence-electron chi connectivity index (χ1n) is 11.0. The van der Waals surface area contributed by atoms with E-state index in [1.165, 1.54) is 6.08 Å². The minimum Gasteiger partial charge on any atom is -0.445 e. The Bertz CT molecular complexity index is 660. The first-order chi connectivity index (χ1) is 14.0. The van der Waals surface area contributed by atoms with Crippen molar-refractivity contribution in [2.75, 3.05) is 19.8 Å². The molecule has 7 nitrogen and oxygen atoms in total. The van der Waals surface area contributed by atoms with Crippen molar-refractivity contribution >= 4 is 26.8 Å². The topological polar surface area (TPSA) is 84.9 Å². The lowest BCUT2D eigenvalue weighted by Gasteiger charge is -2.46. The van der Waals surface area contributed by atoms with E-state index < -0.39 is 15.1 Å². The minimum absolute atomic E-state index is 0.0100. The number of Topliss-reactive ketones (excluding diaryl/α,β-unsaturated/α-hetero) is 1. The van der Waals surface area contributed by atoms with Crippen molar-refractivity contribution in [2.24, 2.45) is 23.2 Å². The van der Waals surface area contributed by atoms with Crippen molar-refractivity contribution in [3.8, 4) is 0 Å². The van der Waals surface area contributed by atoms with Crippen LogP contribution in [0, 0.1) is 23.2 Å². The zero-order valence-electron chi connectivity index (χ0n) is 19.3. The quantitative estimate of drug-likeness (QED) is 0.340. The largest absolute Gasteiger partial charge is 0.445 e. The third kappa shape index (κ3) is 5.72. The molecule has 0 spiro atoms. The van der Waals surface area contributed by atoms with Crippen molar-refractivity contribution in [1.29, 1.82) is 0 Å². The predicted molar refractivity (Wildman–Crippen MR) is 119 cm³/mol. The summed E-state index contributed by atoms with van der Waals surface area (Å²) >= 11 is 0. The van der Waals surface area contributed by atoms with E-state index in [1.54, 1.807) is 4.90 Å². The Hall–Kier alpha value is -1.67. The van der Waals surface area contributed by atoms with E-state index in [4.69, 9.17) is 9.16 Å². The second kappa shape index (κ2) is 10.1. The normalized spacial score (nSPS) is 27.4. The Morgan fingerprint density at radius 3 is 2.57 bits per heavy atom. The number of hydrogen-bond acceptors (Lipinski definition) is 5. The number of ether oxygens (including phenoxy) is 1. The highest BCUT2D eigenvalue weighted by Gasteiger charge is 2.50. The molecule has 8 heteroatoms. The molecule has 5 atom stereocenters. The monoisotopic (exact) mass is 438 g/mol. The minimum atomic E-state index is -1.20. The highest BCUT2D eigenvalue weighted by atomic mass is 28.3. The van der Waals surface area contributed by atoms with Crippen LogP contribution in [-0.4, -0.2) is 63.6 Å². The first kappa shape index (κ1) is 24.6. The van der Waals surface area contributed by atoms with Crippen molar-refractivity contribution in [2.45, 2.75) is 65.7 Å². The fraction of sp³-hybridized carbons (Fsp3) is 0.773. The molecule has 0 radical (unpaired) electrons. The van der Waals surface area contributed by atoms with Gasteiger partial charge in [-0.05, 0) is 37.8 Å². The van der Waals surface area contributed by atoms with Gasteiger partial charge in [0.25, 0.3) is 0 Å². The summed E-state index contributed by atoms with van der Waals surface area (Å²) in [5.41, 5.74) is -0.0978. The van der Waals surface area contributed by atoms with Gasteiger partial charge >= 0.3 is 6.09 Å². The fourth-order valence-corrected chi connectivity index (χ4v) is 5.09. The molecule has 0 aromatic carbocycles. The number of carbonyl (C=O) groups excluding carboxylic acids is 3. The molecule has 2 rings (SSSR count). The molecular formula is C22H38N2O5Si. The Balaban J connectivity index is 2.01. The van der Waals surface area contributed by atoms with Crippen LogP contribution in [-0.2, 0) is 18.8 Å². The van der Waals surface area contributed by atoms with Crippen LogP contribution >= 0.6 is 0 Å². The summed E-state index contributed by atoms with van der Waals surface area (Å²) in [4.78, 5) is 39.3. The van der Waals surface area contributed by atoms with Crippen LogP contribution in [0.25, 0.3) is 0 Å². The van der Waals surface area contributed by atoms with Crippen LogP contribution in [0.3, 0.4) is 0 Å². The molecule has 2 heterocycles. The van der Waals surface area contributed by atoms with Gasteiger partial charge < -0.3 is 19.4 Å². The first-order valence-corrected chi connectivity index (χ1v) is 13.7. The summed E-state index contributed by atoms with van der Waals surface area (Å²) in [5.74, 6) is -0.275. The average Bonchev–Trinajstić information content (AvgIpc) is 3.02. The Morgan fingerprint density at radius 1 is 1.37 bits per heavy atom. The molecule has 2 saturated heterocycles. The third-order valence-corrected chi connectivity index (χ3v) is 7.23. The van der Waals surface area contributed by atoms with Crippen LogP contribution in [0.2, 0.25) is 13.1 Å². The van der Waals surface area contributed by atoms with Gasteiger partial charge in [0.2, 0.25) is 5.91 Å². The summed E-state index contributed by atoms with van der Waals surface area (Å²) in [6, 6.07) is -0.377. The molecule has 2 aliphatic rings. The number of carbonyl (C=O) groups is 3. The van der Waals surface area contributed by atoms with Crippen LogP contribution < -0.4 is 5.32 Å². The van der Waals surface area contributed by atoms with Gasteiger partial charge in [-0.3, -0.25) is 9.59 Å². The molecular weight excluding hydrogens is 400 g/mol. The van der Waals surface area contributed by atoms with E-state index in [0.717, 1.165) is 0 Å². The fourth-order valence-electron chi connectivity index (χ4n) is 4.49. The summed E-state index contributed by atoms with van der Waals surface area (Å²) in [6.07, 6.45) is 2.04. The van der Waals surface area contributed by atoms with E-state index in [-0.39, 0.29) is 53.5 Å². The van der Waals surface area contributed by atoms with Gasteiger partial charge in [0, 0.05) is 37.6 Å². The smallest absolute Gasteiger partial charge is 0.410 e. The highest BCUT2D eigenvalue weighted by Crippen LogP contribution is 2.39. The molecule has 170 valence electrons. The molecule has 0 aromatic rings. The Morgan fingerprint density at radius 2 is 2.03 bits per heavy atom. The number of ketones is 1. The van der Waals surface area contributed by atoms with Crippen LogP contribution in [0.5, 0.6) is 0 Å². The summed E-state index contributed by atoms with van der Waals surface area (Å²) in [7, 11) is -1.20. The standard InChI is InChI=1S/C22H38N2O5Si/c1-8-11-28-21(27)24-10-9-15(14(24)2)18(25)12-17-19(20(26)23-17)16(22(3,4)5)13-29-30(6)7/h8,14-17,19,30H,1,9-13H2,2-7H3,(H,23,26)/t14?,15?,16-,17-,19+/m1/s1. The molecule has 0 aliphatic carbocycles. The van der Waals surface area contributed by atoms with Crippen LogP contribution in [0.1, 0.15) is 40.5 Å². The lowest BCUT2D eigenvalue weighted by Crippen LogP contribution is -2.64. The van der Waals surface area contributed by atoms with Gasteiger partial charge in [-0.2, -0.15) is 0 Å². The number of β-lactam (4-membered cyclic amide) rings is 1. The summed E-state index contributed by atoms with van der Waals surface area (Å²) in [5, 5.41) is 2.94. The summed E-state index contributed by atoms with van der Waals surface area (Å²) in [6.45, 7) is 17.3. The maximum atomic E-state index is 13.1. The Kier molecular flexibility index (Phi) is 8.27. The SMILES string of the molecule is C=CCOC(=O)N1CCC(C(=O)C[C@H]2NC(=O)[C@H]2[C@@H](CO[SiH](C)C)C(C)(C)C)C1C. The van der Waals surface area contributed by atoms with E-state index >= 15 is 0 Å². The zero-order chi connectivity index (χ0) is 22.6. The number of hydrogen-bond donors (Lipinski definition) is 1. The molecule has 2 aliphatic heterocycles. The lowest BCUT2D eigenvalue weighted by molar-refractivity contribution is -0.144. The predicted octanol–water partition coefficient (Wildman–Crippen LogP) is 2.76. The maximum Gasteiger partial charge on any atom is 0.410 e. The summed E-state index contributed by atoms with van der Waals surface area (Å²) < 4.78 is 11.1. The number of likely N-dealkylation sites (tertiary alicyclic amines) is 1. The molecule has 2 fully saturated rings. The number of amides is 2. The number of nitrogens with zero attached hydrogens (tertiary/aromatic N) is 1. The average molecular weight is 439 g/mol. The van der Waals surface area contributed by atoms with Gasteiger partial charge in [0.15, 0.2) is 9.04 Å². The Labute approximate surface area is 182 Å². The maximum absolute atomic E-state index is 13.1. The van der Waals surface area contributed by atoms with Gasteiger partial charge in [0.1, 0.15) is 12.4 Å². The van der Waals surface area contributed by atoms with Gasteiger partial charge in [-0.25, -0.2) is 4.79 Å². The number of nitrogens with one attached hydrogen (secondary N) is 1. The van der Waals surface area contributed by atoms with Crippen molar-refractivity contribution in [1.82, 2.24) is 10.2 Å². The van der Waals surface area contributed by atoms with E-state index in [2.05, 4.69) is 45.8 Å². The van der Waals surface area contributed by atoms with E-state index in [9.17, 15) is 14.4 Å². The second-order valence-electron chi connectivity index (χ2n) is 9.86. The zero-order valence-corrected chi connectivity index (χ0v) is 20.4. The highest BCUT2D eigenvalue weighted by molar-refractivity contribution is 6.48. The van der Waals surface area contributed by atoms with Crippen molar-refractivity contribution < 1.29 is 23.5 Å². The van der Waals surface area contributed by atoms with Gasteiger partial charge in [-0.15, -0.1) is 0 Å². The second-order valence-corrected chi connectivity index (χ2v) is 12.3. The molecule has 2 unspecified atom stereocenters. The molecule has 0 bridgehead atoms. The van der Waals surface area contributed by atoms with Gasteiger partial charge in [-0.1, -0.05) is 33.4 Å². The number of rotatable bonds is 9. The van der Waals surface area contributed by atoms with Crippen molar-refractivity contribution in [3.05, 3.63) is 12.7 Å². The molecule has 1 N–H and O–H groups in total. The van der Waals surface area contributed by atoms with E-state index in [1.807, 2.05) is 6.92 Å². The molecule has 0 aromatic heterocycles. The lowest BCUT2D eigenvalue weighted by atomic mass is 9.66. The van der Waals surface area contributed by atoms with Crippen LogP contribution in [0.15, 0.2) is 12.7 Å². The third-order valence-electron chi connectivity index (χ3n) is 6.37. The van der Waals surface area contributed by atoms with Gasteiger partial charge in [0.05, 0.1) is 5.92 Å². The molecule has 0 saturated carbocycles. The molecule has 30 heavy (non-hydrogen) atoms.